The molecule has 5 nitrogen and oxygen atoms in total. The van der Waals surface area contributed by atoms with Crippen molar-refractivity contribution in [3.63, 3.8) is 0 Å². The number of benzene rings is 1. The molecule has 1 aliphatic heterocycles. The fraction of sp³-hybridized carbons (Fsp3) is 0.474. The van der Waals surface area contributed by atoms with Crippen LogP contribution in [0.25, 0.3) is 0 Å². The van der Waals surface area contributed by atoms with Gasteiger partial charge in [-0.1, -0.05) is 12.1 Å². The Hall–Kier alpha value is -2.30. The van der Waals surface area contributed by atoms with Gasteiger partial charge in [-0.3, -0.25) is 9.48 Å². The second-order valence-corrected chi connectivity index (χ2v) is 6.86. The van der Waals surface area contributed by atoms with Crippen molar-refractivity contribution in [3.05, 3.63) is 47.8 Å². The summed E-state index contributed by atoms with van der Waals surface area (Å²) in [4.78, 5) is 15.1. The zero-order valence-corrected chi connectivity index (χ0v) is 14.2. The number of nitrogens with zero attached hydrogens (tertiary/aromatic N) is 3. The van der Waals surface area contributed by atoms with Gasteiger partial charge >= 0.3 is 0 Å². The SMILES string of the molecule is COc1ccc([C@@H]2C[C@@H]2C(=O)N2CCC[C@@H]2c2cnn(C)c2)cc1. The molecule has 3 atom stereocenters. The first-order valence-corrected chi connectivity index (χ1v) is 8.60. The standard InChI is InChI=1S/C19H23N3O2/c1-21-12-14(11-20-21)18-4-3-9-22(18)19(23)17-10-16(17)13-5-7-15(24-2)8-6-13/h5-8,11-12,16-18H,3-4,9-10H2,1-2H3/t16-,17-,18+/m0/s1. The molecule has 0 bridgehead atoms. The number of hydrogen-bond acceptors (Lipinski definition) is 3. The molecule has 2 aromatic rings. The van der Waals surface area contributed by atoms with Crippen LogP contribution in [-0.2, 0) is 11.8 Å². The predicted octanol–water partition coefficient (Wildman–Crippen LogP) is 2.90. The summed E-state index contributed by atoms with van der Waals surface area (Å²) in [5, 5.41) is 4.26. The van der Waals surface area contributed by atoms with Crippen molar-refractivity contribution in [3.8, 4) is 5.75 Å². The van der Waals surface area contributed by atoms with E-state index in [2.05, 4.69) is 22.1 Å². The Labute approximate surface area is 142 Å². The molecule has 2 aliphatic rings. The zero-order valence-electron chi connectivity index (χ0n) is 14.2. The van der Waals surface area contributed by atoms with Crippen molar-refractivity contribution >= 4 is 5.91 Å². The molecule has 126 valence electrons. The smallest absolute Gasteiger partial charge is 0.226 e. The predicted molar refractivity (Wildman–Crippen MR) is 90.7 cm³/mol. The van der Waals surface area contributed by atoms with Crippen LogP contribution in [0.15, 0.2) is 36.7 Å². The monoisotopic (exact) mass is 325 g/mol. The Balaban J connectivity index is 1.46. The highest BCUT2D eigenvalue weighted by molar-refractivity contribution is 5.83. The lowest BCUT2D eigenvalue weighted by atomic mass is 10.1. The summed E-state index contributed by atoms with van der Waals surface area (Å²) in [5.41, 5.74) is 2.40. The van der Waals surface area contributed by atoms with Crippen LogP contribution in [0, 0.1) is 5.92 Å². The van der Waals surface area contributed by atoms with E-state index in [0.717, 1.165) is 37.1 Å². The lowest BCUT2D eigenvalue weighted by Gasteiger charge is -2.24. The van der Waals surface area contributed by atoms with Gasteiger partial charge in [0, 0.05) is 31.3 Å². The van der Waals surface area contributed by atoms with Crippen LogP contribution in [0.4, 0.5) is 0 Å². The van der Waals surface area contributed by atoms with Gasteiger partial charge in [-0.2, -0.15) is 5.10 Å². The number of amides is 1. The highest BCUT2D eigenvalue weighted by Crippen LogP contribution is 2.50. The summed E-state index contributed by atoms with van der Waals surface area (Å²) >= 11 is 0. The number of methoxy groups -OCH3 is 1. The molecule has 1 aromatic carbocycles. The van der Waals surface area contributed by atoms with Gasteiger partial charge < -0.3 is 9.64 Å². The van der Waals surface area contributed by atoms with Crippen molar-refractivity contribution in [2.24, 2.45) is 13.0 Å². The average molecular weight is 325 g/mol. The molecule has 1 aromatic heterocycles. The summed E-state index contributed by atoms with van der Waals surface area (Å²) in [6.07, 6.45) is 7.00. The van der Waals surface area contributed by atoms with E-state index < -0.39 is 0 Å². The van der Waals surface area contributed by atoms with E-state index in [4.69, 9.17) is 4.74 Å². The maximum atomic E-state index is 13.0. The first-order valence-electron chi connectivity index (χ1n) is 8.60. The minimum Gasteiger partial charge on any atom is -0.497 e. The molecular formula is C19H23N3O2. The van der Waals surface area contributed by atoms with Crippen LogP contribution in [0.5, 0.6) is 5.75 Å². The highest BCUT2D eigenvalue weighted by Gasteiger charge is 2.47. The summed E-state index contributed by atoms with van der Waals surface area (Å²) in [7, 11) is 3.59. The van der Waals surface area contributed by atoms with Crippen LogP contribution < -0.4 is 4.74 Å². The Morgan fingerprint density at radius 1 is 1.25 bits per heavy atom. The molecule has 0 N–H and O–H groups in total. The molecule has 5 heteroatoms. The lowest BCUT2D eigenvalue weighted by Crippen LogP contribution is -2.32. The Morgan fingerprint density at radius 3 is 2.71 bits per heavy atom. The minimum absolute atomic E-state index is 0.135. The normalized spacial score (nSPS) is 25.8. The van der Waals surface area contributed by atoms with Crippen molar-refractivity contribution < 1.29 is 9.53 Å². The fourth-order valence-electron chi connectivity index (χ4n) is 3.89. The highest BCUT2D eigenvalue weighted by atomic mass is 16.5. The fourth-order valence-corrected chi connectivity index (χ4v) is 3.89. The number of aromatic nitrogens is 2. The number of ether oxygens (including phenoxy) is 1. The molecular weight excluding hydrogens is 302 g/mol. The zero-order chi connectivity index (χ0) is 16.7. The average Bonchev–Trinajstić information content (AvgIpc) is 3.03. The number of carbonyl (C=O) groups is 1. The molecule has 0 unspecified atom stereocenters. The molecule has 1 saturated heterocycles. The second kappa shape index (κ2) is 5.96. The van der Waals surface area contributed by atoms with Crippen LogP contribution in [0.3, 0.4) is 0 Å². The number of likely N-dealkylation sites (tertiary alicyclic amines) is 1. The second-order valence-electron chi connectivity index (χ2n) is 6.86. The van der Waals surface area contributed by atoms with Gasteiger partial charge in [0.25, 0.3) is 0 Å². The number of aryl methyl sites for hydroxylation is 1. The molecule has 1 saturated carbocycles. The van der Waals surface area contributed by atoms with E-state index in [1.165, 1.54) is 5.56 Å². The molecule has 24 heavy (non-hydrogen) atoms. The largest absolute Gasteiger partial charge is 0.497 e. The van der Waals surface area contributed by atoms with Crippen LogP contribution in [0.2, 0.25) is 0 Å². The molecule has 4 rings (SSSR count). The minimum atomic E-state index is 0.135. The van der Waals surface area contributed by atoms with Gasteiger partial charge in [0.1, 0.15) is 5.75 Å². The third-order valence-electron chi connectivity index (χ3n) is 5.30. The summed E-state index contributed by atoms with van der Waals surface area (Å²) in [6, 6.07) is 8.31. The van der Waals surface area contributed by atoms with Crippen LogP contribution in [0.1, 0.15) is 42.3 Å². The molecule has 0 spiro atoms. The molecule has 2 heterocycles. The van der Waals surface area contributed by atoms with E-state index in [0.29, 0.717) is 11.8 Å². The molecule has 0 radical (unpaired) electrons. The maximum absolute atomic E-state index is 13.0. The third-order valence-corrected chi connectivity index (χ3v) is 5.30. The summed E-state index contributed by atoms with van der Waals surface area (Å²) < 4.78 is 7.02. The summed E-state index contributed by atoms with van der Waals surface area (Å²) in [6.45, 7) is 0.865. The van der Waals surface area contributed by atoms with Crippen LogP contribution >= 0.6 is 0 Å². The van der Waals surface area contributed by atoms with Crippen molar-refractivity contribution in [1.29, 1.82) is 0 Å². The van der Waals surface area contributed by atoms with Gasteiger partial charge in [0.15, 0.2) is 0 Å². The Morgan fingerprint density at radius 2 is 2.04 bits per heavy atom. The lowest BCUT2D eigenvalue weighted by molar-refractivity contribution is -0.133. The van der Waals surface area contributed by atoms with Gasteiger partial charge in [-0.25, -0.2) is 0 Å². The van der Waals surface area contributed by atoms with E-state index in [1.54, 1.807) is 7.11 Å². The van der Waals surface area contributed by atoms with E-state index in [-0.39, 0.29) is 12.0 Å². The van der Waals surface area contributed by atoms with E-state index >= 15 is 0 Å². The van der Waals surface area contributed by atoms with Crippen molar-refractivity contribution in [2.45, 2.75) is 31.2 Å². The van der Waals surface area contributed by atoms with Gasteiger partial charge in [0.05, 0.1) is 19.3 Å². The van der Waals surface area contributed by atoms with Gasteiger partial charge in [-0.05, 0) is 42.9 Å². The first-order chi connectivity index (χ1) is 11.7. The number of carbonyl (C=O) groups excluding carboxylic acids is 1. The number of rotatable bonds is 4. The number of hydrogen-bond donors (Lipinski definition) is 0. The molecule has 1 amide bonds. The van der Waals surface area contributed by atoms with Crippen LogP contribution in [-0.4, -0.2) is 34.2 Å². The van der Waals surface area contributed by atoms with Gasteiger partial charge in [-0.15, -0.1) is 0 Å². The van der Waals surface area contributed by atoms with Crippen molar-refractivity contribution in [1.82, 2.24) is 14.7 Å². The quantitative estimate of drug-likeness (QED) is 0.868. The Bertz CT molecular complexity index is 737. The topological polar surface area (TPSA) is 47.4 Å². The van der Waals surface area contributed by atoms with E-state index in [9.17, 15) is 4.79 Å². The van der Waals surface area contributed by atoms with Gasteiger partial charge in [0.2, 0.25) is 5.91 Å². The molecule has 2 fully saturated rings. The Kier molecular flexibility index (Phi) is 3.79. The third kappa shape index (κ3) is 2.68. The van der Waals surface area contributed by atoms with Crippen molar-refractivity contribution in [2.75, 3.05) is 13.7 Å². The molecule has 1 aliphatic carbocycles. The summed E-state index contributed by atoms with van der Waals surface area (Å²) in [5.74, 6) is 1.66. The maximum Gasteiger partial charge on any atom is 0.226 e. The first kappa shape index (κ1) is 15.2. The van der Waals surface area contributed by atoms with E-state index in [1.807, 2.05) is 36.3 Å².